The number of halogens is 1. The number of nitrogens with zero attached hydrogens (tertiary/aromatic N) is 2. The van der Waals surface area contributed by atoms with Crippen LogP contribution in [0.4, 0.5) is 5.69 Å². The Morgan fingerprint density at radius 1 is 1.33 bits per heavy atom. The van der Waals surface area contributed by atoms with E-state index in [0.717, 1.165) is 48.7 Å². The molecule has 0 aromatic heterocycles. The van der Waals surface area contributed by atoms with E-state index in [9.17, 15) is 5.11 Å². The number of rotatable bonds is 1. The largest absolute Gasteiger partial charge is 0.390 e. The first kappa shape index (κ1) is 12.0. The third-order valence-electron chi connectivity index (χ3n) is 3.88. The minimum atomic E-state index is -0.525. The molecule has 0 amide bonds. The highest BCUT2D eigenvalue weighted by molar-refractivity contribution is 6.33. The fourth-order valence-corrected chi connectivity index (χ4v) is 2.88. The molecule has 0 atom stereocenters. The molecule has 0 spiro atoms. The first-order valence-electron chi connectivity index (χ1n) is 6.35. The summed E-state index contributed by atoms with van der Waals surface area (Å²) in [5, 5.41) is 10.8. The number of anilines is 1. The average Bonchev–Trinajstić information content (AvgIpc) is 2.75. The van der Waals surface area contributed by atoms with E-state index in [-0.39, 0.29) is 0 Å². The van der Waals surface area contributed by atoms with Crippen LogP contribution in [0.2, 0.25) is 5.02 Å². The molecule has 2 heterocycles. The standard InChI is InChI=1S/C14H17ClN2O/c1-14(18)2-4-17(5-3-14)13-7-11-9-16-8-10(11)6-12(13)15/h6-8,18H,2-5,9H2,1H3. The molecule has 3 nitrogen and oxygen atoms in total. The molecule has 0 radical (unpaired) electrons. The van der Waals surface area contributed by atoms with Gasteiger partial charge < -0.3 is 10.0 Å². The van der Waals surface area contributed by atoms with Crippen LogP contribution in [0.1, 0.15) is 30.9 Å². The first-order chi connectivity index (χ1) is 8.55. The van der Waals surface area contributed by atoms with E-state index in [0.29, 0.717) is 0 Å². The molecule has 0 saturated carbocycles. The van der Waals surface area contributed by atoms with Crippen molar-refractivity contribution in [2.75, 3.05) is 18.0 Å². The van der Waals surface area contributed by atoms with Crippen molar-refractivity contribution in [3.05, 3.63) is 28.3 Å². The molecular formula is C14H17ClN2O. The van der Waals surface area contributed by atoms with Gasteiger partial charge in [0.15, 0.2) is 0 Å². The molecule has 0 aliphatic carbocycles. The Balaban J connectivity index is 1.86. The molecule has 18 heavy (non-hydrogen) atoms. The molecule has 1 aromatic carbocycles. The van der Waals surface area contributed by atoms with E-state index in [1.165, 1.54) is 5.56 Å². The van der Waals surface area contributed by atoms with Gasteiger partial charge in [-0.05, 0) is 43.0 Å². The second-order valence-corrected chi connectivity index (χ2v) is 5.86. The highest BCUT2D eigenvalue weighted by Gasteiger charge is 2.28. The molecule has 3 rings (SSSR count). The van der Waals surface area contributed by atoms with Crippen LogP contribution in [0, 0.1) is 0 Å². The number of fused-ring (bicyclic) bond motifs is 1. The Labute approximate surface area is 112 Å². The third-order valence-corrected chi connectivity index (χ3v) is 4.18. The van der Waals surface area contributed by atoms with E-state index < -0.39 is 5.60 Å². The van der Waals surface area contributed by atoms with Gasteiger partial charge >= 0.3 is 0 Å². The van der Waals surface area contributed by atoms with Gasteiger partial charge in [-0.1, -0.05) is 11.6 Å². The molecule has 1 saturated heterocycles. The molecule has 1 fully saturated rings. The smallest absolute Gasteiger partial charge is 0.0653 e. The van der Waals surface area contributed by atoms with Crippen molar-refractivity contribution in [2.45, 2.75) is 31.9 Å². The van der Waals surface area contributed by atoms with E-state index in [4.69, 9.17) is 11.6 Å². The first-order valence-corrected chi connectivity index (χ1v) is 6.73. The van der Waals surface area contributed by atoms with Crippen molar-refractivity contribution >= 4 is 23.5 Å². The lowest BCUT2D eigenvalue weighted by atomic mass is 9.93. The average molecular weight is 265 g/mol. The monoisotopic (exact) mass is 264 g/mol. The van der Waals surface area contributed by atoms with Crippen molar-refractivity contribution in [3.8, 4) is 0 Å². The summed E-state index contributed by atoms with van der Waals surface area (Å²) in [7, 11) is 0. The van der Waals surface area contributed by atoms with Gasteiger partial charge in [-0.25, -0.2) is 0 Å². The lowest BCUT2D eigenvalue weighted by molar-refractivity contribution is 0.0351. The molecular weight excluding hydrogens is 248 g/mol. The highest BCUT2D eigenvalue weighted by Crippen LogP contribution is 2.34. The zero-order valence-corrected chi connectivity index (χ0v) is 11.2. The zero-order valence-electron chi connectivity index (χ0n) is 10.5. The van der Waals surface area contributed by atoms with Gasteiger partial charge in [0.25, 0.3) is 0 Å². The minimum Gasteiger partial charge on any atom is -0.390 e. The Morgan fingerprint density at radius 3 is 2.78 bits per heavy atom. The van der Waals surface area contributed by atoms with Gasteiger partial charge in [0.05, 0.1) is 22.9 Å². The van der Waals surface area contributed by atoms with Crippen LogP contribution in [0.15, 0.2) is 17.1 Å². The Bertz CT molecular complexity index is 501. The van der Waals surface area contributed by atoms with Gasteiger partial charge in [-0.3, -0.25) is 4.99 Å². The number of benzene rings is 1. The lowest BCUT2D eigenvalue weighted by Crippen LogP contribution is -2.42. The SMILES string of the molecule is CC1(O)CCN(c2cc3c(cc2Cl)C=NC3)CC1. The van der Waals surface area contributed by atoms with Gasteiger partial charge in [0, 0.05) is 19.3 Å². The summed E-state index contributed by atoms with van der Waals surface area (Å²) in [5.41, 5.74) is 2.93. The van der Waals surface area contributed by atoms with Crippen LogP contribution in [-0.4, -0.2) is 30.0 Å². The normalized spacial score (nSPS) is 21.2. The second-order valence-electron chi connectivity index (χ2n) is 5.46. The fraction of sp³-hybridized carbons (Fsp3) is 0.500. The summed E-state index contributed by atoms with van der Waals surface area (Å²) < 4.78 is 0. The number of hydrogen-bond donors (Lipinski definition) is 1. The van der Waals surface area contributed by atoms with Gasteiger partial charge in [0.2, 0.25) is 0 Å². The number of hydrogen-bond acceptors (Lipinski definition) is 3. The van der Waals surface area contributed by atoms with Crippen LogP contribution >= 0.6 is 11.6 Å². The summed E-state index contributed by atoms with van der Waals surface area (Å²) in [4.78, 5) is 6.52. The molecule has 96 valence electrons. The molecule has 1 aromatic rings. The van der Waals surface area contributed by atoms with Crippen LogP contribution < -0.4 is 4.90 Å². The fourth-order valence-electron chi connectivity index (χ4n) is 2.59. The summed E-state index contributed by atoms with van der Waals surface area (Å²) in [5.74, 6) is 0. The maximum Gasteiger partial charge on any atom is 0.0653 e. The Morgan fingerprint density at radius 2 is 2.06 bits per heavy atom. The van der Waals surface area contributed by atoms with Crippen molar-refractivity contribution in [1.82, 2.24) is 0 Å². The quantitative estimate of drug-likeness (QED) is 0.846. The van der Waals surface area contributed by atoms with Crippen molar-refractivity contribution in [2.24, 2.45) is 4.99 Å². The summed E-state index contributed by atoms with van der Waals surface area (Å²) in [6, 6.07) is 4.14. The Kier molecular flexibility index (Phi) is 2.83. The van der Waals surface area contributed by atoms with Crippen molar-refractivity contribution in [3.63, 3.8) is 0 Å². The van der Waals surface area contributed by atoms with Gasteiger partial charge in [0.1, 0.15) is 0 Å². The number of aliphatic hydroxyl groups is 1. The van der Waals surface area contributed by atoms with Crippen LogP contribution in [-0.2, 0) is 6.54 Å². The van der Waals surface area contributed by atoms with E-state index in [1.807, 2.05) is 19.2 Å². The molecule has 4 heteroatoms. The van der Waals surface area contributed by atoms with E-state index in [2.05, 4.69) is 16.0 Å². The summed E-state index contributed by atoms with van der Waals surface area (Å²) in [6.07, 6.45) is 3.46. The number of piperidine rings is 1. The molecule has 1 N–H and O–H groups in total. The van der Waals surface area contributed by atoms with Gasteiger partial charge in [-0.15, -0.1) is 0 Å². The van der Waals surface area contributed by atoms with Gasteiger partial charge in [-0.2, -0.15) is 0 Å². The van der Waals surface area contributed by atoms with E-state index in [1.54, 1.807) is 0 Å². The molecule has 2 aliphatic rings. The highest BCUT2D eigenvalue weighted by atomic mass is 35.5. The molecule has 0 unspecified atom stereocenters. The van der Waals surface area contributed by atoms with Crippen molar-refractivity contribution < 1.29 is 5.11 Å². The van der Waals surface area contributed by atoms with Crippen LogP contribution in [0.25, 0.3) is 0 Å². The Hall–Kier alpha value is -1.06. The topological polar surface area (TPSA) is 35.8 Å². The minimum absolute atomic E-state index is 0.525. The molecule has 2 aliphatic heterocycles. The zero-order chi connectivity index (χ0) is 12.8. The third kappa shape index (κ3) is 2.13. The predicted molar refractivity (Wildman–Crippen MR) is 74.8 cm³/mol. The number of aliphatic imine (C=N–C) groups is 1. The summed E-state index contributed by atoms with van der Waals surface area (Å²) >= 11 is 6.35. The second kappa shape index (κ2) is 4.25. The lowest BCUT2D eigenvalue weighted by Gasteiger charge is -2.37. The summed E-state index contributed by atoms with van der Waals surface area (Å²) in [6.45, 7) is 4.37. The van der Waals surface area contributed by atoms with Crippen LogP contribution in [0.5, 0.6) is 0 Å². The maximum atomic E-state index is 9.98. The maximum absolute atomic E-state index is 9.98. The predicted octanol–water partition coefficient (Wildman–Crippen LogP) is 2.62. The molecule has 0 bridgehead atoms. The van der Waals surface area contributed by atoms with E-state index >= 15 is 0 Å². The van der Waals surface area contributed by atoms with Crippen molar-refractivity contribution in [1.29, 1.82) is 0 Å². The van der Waals surface area contributed by atoms with Crippen LogP contribution in [0.3, 0.4) is 0 Å².